The lowest BCUT2D eigenvalue weighted by atomic mass is 10.0. The molecule has 0 aliphatic carbocycles. The standard InChI is InChI=1S/C20H26FN/c1-4-6-18-9-10-19(14-17(18)5-2)22-12-11-16-8-7-15(3)20(21)13-16/h7-10,13-14,22H,4-6,11-12H2,1-3H3. The molecule has 2 heteroatoms. The Hall–Kier alpha value is -1.83. The number of nitrogens with one attached hydrogen (secondary N) is 1. The largest absolute Gasteiger partial charge is 0.385 e. The first-order valence-electron chi connectivity index (χ1n) is 8.24. The van der Waals surface area contributed by atoms with Gasteiger partial charge in [0.1, 0.15) is 5.82 Å². The molecule has 0 saturated heterocycles. The Balaban J connectivity index is 1.95. The van der Waals surface area contributed by atoms with E-state index in [1.807, 2.05) is 12.1 Å². The maximum absolute atomic E-state index is 13.5. The summed E-state index contributed by atoms with van der Waals surface area (Å²) in [6, 6.07) is 12.1. The summed E-state index contributed by atoms with van der Waals surface area (Å²) in [5.74, 6) is -0.116. The van der Waals surface area contributed by atoms with Gasteiger partial charge >= 0.3 is 0 Å². The van der Waals surface area contributed by atoms with Crippen molar-refractivity contribution in [3.05, 3.63) is 64.5 Å². The van der Waals surface area contributed by atoms with E-state index < -0.39 is 0 Å². The Morgan fingerprint density at radius 2 is 1.77 bits per heavy atom. The third-order valence-electron chi connectivity index (χ3n) is 4.09. The fraction of sp³-hybridized carbons (Fsp3) is 0.400. The number of rotatable bonds is 7. The zero-order chi connectivity index (χ0) is 15.9. The molecule has 0 heterocycles. The fourth-order valence-electron chi connectivity index (χ4n) is 2.72. The van der Waals surface area contributed by atoms with E-state index in [1.165, 1.54) is 17.5 Å². The molecule has 0 aliphatic heterocycles. The Bertz CT molecular complexity index is 619. The van der Waals surface area contributed by atoms with E-state index in [2.05, 4.69) is 37.4 Å². The quantitative estimate of drug-likeness (QED) is 0.731. The summed E-state index contributed by atoms with van der Waals surface area (Å²) >= 11 is 0. The van der Waals surface area contributed by atoms with Gasteiger partial charge in [-0.2, -0.15) is 0 Å². The molecule has 1 nitrogen and oxygen atoms in total. The van der Waals surface area contributed by atoms with Gasteiger partial charge in [0.15, 0.2) is 0 Å². The Morgan fingerprint density at radius 3 is 2.45 bits per heavy atom. The molecular formula is C20H26FN. The third kappa shape index (κ3) is 4.33. The number of anilines is 1. The molecule has 0 aliphatic rings. The molecule has 22 heavy (non-hydrogen) atoms. The topological polar surface area (TPSA) is 12.0 Å². The molecule has 0 unspecified atom stereocenters. The molecule has 0 saturated carbocycles. The normalized spacial score (nSPS) is 10.7. The highest BCUT2D eigenvalue weighted by Crippen LogP contribution is 2.18. The molecule has 118 valence electrons. The first-order chi connectivity index (χ1) is 10.6. The summed E-state index contributed by atoms with van der Waals surface area (Å²) in [5.41, 5.74) is 5.78. The zero-order valence-corrected chi connectivity index (χ0v) is 13.9. The van der Waals surface area contributed by atoms with Crippen LogP contribution in [0.15, 0.2) is 36.4 Å². The van der Waals surface area contributed by atoms with Crippen molar-refractivity contribution >= 4 is 5.69 Å². The van der Waals surface area contributed by atoms with E-state index in [4.69, 9.17) is 0 Å². The predicted octanol–water partition coefficient (Wildman–Crippen LogP) is 5.30. The first kappa shape index (κ1) is 16.5. The van der Waals surface area contributed by atoms with Gasteiger partial charge in [0.25, 0.3) is 0 Å². The second kappa shape index (κ2) is 7.98. The lowest BCUT2D eigenvalue weighted by Crippen LogP contribution is -2.06. The summed E-state index contributed by atoms with van der Waals surface area (Å²) in [6.07, 6.45) is 4.22. The van der Waals surface area contributed by atoms with Crippen molar-refractivity contribution in [1.82, 2.24) is 0 Å². The van der Waals surface area contributed by atoms with Gasteiger partial charge in [0.05, 0.1) is 0 Å². The summed E-state index contributed by atoms with van der Waals surface area (Å²) in [7, 11) is 0. The minimum absolute atomic E-state index is 0.116. The lowest BCUT2D eigenvalue weighted by Gasteiger charge is -2.12. The summed E-state index contributed by atoms with van der Waals surface area (Å²) < 4.78 is 13.5. The van der Waals surface area contributed by atoms with Crippen LogP contribution in [0.3, 0.4) is 0 Å². The molecule has 1 N–H and O–H groups in total. The van der Waals surface area contributed by atoms with Crippen LogP contribution in [0.4, 0.5) is 10.1 Å². The van der Waals surface area contributed by atoms with Gasteiger partial charge in [-0.05, 0) is 66.6 Å². The minimum atomic E-state index is -0.116. The van der Waals surface area contributed by atoms with Gasteiger partial charge in [-0.1, -0.05) is 38.5 Å². The molecule has 0 atom stereocenters. The van der Waals surface area contributed by atoms with Crippen LogP contribution >= 0.6 is 0 Å². The number of halogens is 1. The second-order valence-electron chi connectivity index (χ2n) is 5.85. The number of benzene rings is 2. The minimum Gasteiger partial charge on any atom is -0.385 e. The maximum atomic E-state index is 13.5. The van der Waals surface area contributed by atoms with Crippen molar-refractivity contribution < 1.29 is 4.39 Å². The van der Waals surface area contributed by atoms with Crippen LogP contribution in [-0.4, -0.2) is 6.54 Å². The van der Waals surface area contributed by atoms with Crippen LogP contribution < -0.4 is 5.32 Å². The summed E-state index contributed by atoms with van der Waals surface area (Å²) in [6.45, 7) is 7.03. The molecular weight excluding hydrogens is 273 g/mol. The SMILES string of the molecule is CCCc1ccc(NCCc2ccc(C)c(F)c2)cc1CC. The van der Waals surface area contributed by atoms with E-state index in [0.717, 1.165) is 37.1 Å². The van der Waals surface area contributed by atoms with E-state index in [9.17, 15) is 4.39 Å². The zero-order valence-electron chi connectivity index (χ0n) is 13.9. The van der Waals surface area contributed by atoms with Gasteiger partial charge in [-0.3, -0.25) is 0 Å². The highest BCUT2D eigenvalue weighted by Gasteiger charge is 2.03. The molecule has 0 spiro atoms. The highest BCUT2D eigenvalue weighted by molar-refractivity contribution is 5.49. The van der Waals surface area contributed by atoms with Gasteiger partial charge in [0, 0.05) is 12.2 Å². The number of aryl methyl sites for hydroxylation is 3. The molecule has 2 rings (SSSR count). The Morgan fingerprint density at radius 1 is 0.955 bits per heavy atom. The van der Waals surface area contributed by atoms with Gasteiger partial charge in [-0.15, -0.1) is 0 Å². The fourth-order valence-corrected chi connectivity index (χ4v) is 2.72. The van der Waals surface area contributed by atoms with E-state index in [1.54, 1.807) is 13.0 Å². The highest BCUT2D eigenvalue weighted by atomic mass is 19.1. The van der Waals surface area contributed by atoms with Crippen LogP contribution in [0.2, 0.25) is 0 Å². The maximum Gasteiger partial charge on any atom is 0.126 e. The summed E-state index contributed by atoms with van der Waals surface area (Å²) in [4.78, 5) is 0. The van der Waals surface area contributed by atoms with Crippen LogP contribution in [0.1, 0.15) is 42.5 Å². The van der Waals surface area contributed by atoms with Gasteiger partial charge < -0.3 is 5.32 Å². The van der Waals surface area contributed by atoms with Crippen molar-refractivity contribution in [3.8, 4) is 0 Å². The van der Waals surface area contributed by atoms with Crippen LogP contribution in [0.25, 0.3) is 0 Å². The monoisotopic (exact) mass is 299 g/mol. The van der Waals surface area contributed by atoms with Crippen molar-refractivity contribution in [1.29, 1.82) is 0 Å². The van der Waals surface area contributed by atoms with Crippen molar-refractivity contribution in [2.45, 2.75) is 46.5 Å². The van der Waals surface area contributed by atoms with Crippen LogP contribution in [0.5, 0.6) is 0 Å². The first-order valence-corrected chi connectivity index (χ1v) is 8.24. The number of hydrogen-bond donors (Lipinski definition) is 1. The molecule has 0 fully saturated rings. The third-order valence-corrected chi connectivity index (χ3v) is 4.09. The predicted molar refractivity (Wildman–Crippen MR) is 93.1 cm³/mol. The van der Waals surface area contributed by atoms with E-state index >= 15 is 0 Å². The van der Waals surface area contributed by atoms with Crippen LogP contribution in [0, 0.1) is 12.7 Å². The Labute approximate surface area is 133 Å². The van der Waals surface area contributed by atoms with Crippen molar-refractivity contribution in [2.24, 2.45) is 0 Å². The van der Waals surface area contributed by atoms with E-state index in [0.29, 0.717) is 5.56 Å². The molecule has 0 radical (unpaired) electrons. The van der Waals surface area contributed by atoms with Crippen molar-refractivity contribution in [2.75, 3.05) is 11.9 Å². The van der Waals surface area contributed by atoms with Crippen molar-refractivity contribution in [3.63, 3.8) is 0 Å². The smallest absolute Gasteiger partial charge is 0.126 e. The molecule has 0 amide bonds. The average Bonchev–Trinajstić information content (AvgIpc) is 2.52. The van der Waals surface area contributed by atoms with Crippen LogP contribution in [-0.2, 0) is 19.3 Å². The second-order valence-corrected chi connectivity index (χ2v) is 5.85. The molecule has 2 aromatic rings. The average molecular weight is 299 g/mol. The Kier molecular flexibility index (Phi) is 6.00. The lowest BCUT2D eigenvalue weighted by molar-refractivity contribution is 0.616. The number of hydrogen-bond acceptors (Lipinski definition) is 1. The van der Waals surface area contributed by atoms with E-state index in [-0.39, 0.29) is 5.82 Å². The molecule has 0 bridgehead atoms. The summed E-state index contributed by atoms with van der Waals surface area (Å²) in [5, 5.41) is 3.45. The van der Waals surface area contributed by atoms with Gasteiger partial charge in [0.2, 0.25) is 0 Å². The van der Waals surface area contributed by atoms with Gasteiger partial charge in [-0.25, -0.2) is 4.39 Å². The molecule has 0 aromatic heterocycles. The molecule has 2 aromatic carbocycles.